The summed E-state index contributed by atoms with van der Waals surface area (Å²) in [6.07, 6.45) is 0.549. The molecule has 2 aliphatic rings. The summed E-state index contributed by atoms with van der Waals surface area (Å²) in [6, 6.07) is 32.0. The number of H-pyrrole nitrogens is 1. The maximum absolute atomic E-state index is 12.9. The highest BCUT2D eigenvalue weighted by atomic mass is 16.7. The number of carbonyl (C=O) groups is 2. The number of benzene rings is 4. The van der Waals surface area contributed by atoms with Gasteiger partial charge in [0.15, 0.2) is 6.29 Å². The van der Waals surface area contributed by atoms with Crippen LogP contribution in [0.15, 0.2) is 102 Å². The van der Waals surface area contributed by atoms with Crippen LogP contribution in [0.5, 0.6) is 0 Å². The van der Waals surface area contributed by atoms with Gasteiger partial charge in [-0.25, -0.2) is 4.79 Å². The summed E-state index contributed by atoms with van der Waals surface area (Å²) in [5.41, 5.74) is 7.46. The lowest BCUT2D eigenvalue weighted by atomic mass is 9.89. The van der Waals surface area contributed by atoms with Gasteiger partial charge >= 0.3 is 11.7 Å². The minimum atomic E-state index is -0.996. The molecule has 0 radical (unpaired) electrons. The molecule has 53 heavy (non-hydrogen) atoms. The van der Waals surface area contributed by atoms with Crippen molar-refractivity contribution in [3.05, 3.63) is 130 Å². The van der Waals surface area contributed by atoms with Crippen molar-refractivity contribution >= 4 is 22.9 Å². The van der Waals surface area contributed by atoms with E-state index in [4.69, 9.17) is 14.6 Å². The molecule has 11 nitrogen and oxygen atoms in total. The largest absolute Gasteiger partial charge is 0.481 e. The van der Waals surface area contributed by atoms with Gasteiger partial charge in [0.1, 0.15) is 0 Å². The number of aliphatic hydroxyl groups excluding tert-OH is 1. The van der Waals surface area contributed by atoms with Crippen molar-refractivity contribution in [1.82, 2.24) is 19.8 Å². The van der Waals surface area contributed by atoms with Gasteiger partial charge in [-0.3, -0.25) is 14.2 Å². The number of aromatic nitrogens is 2. The first kappa shape index (κ1) is 36.3. The molecule has 4 atom stereocenters. The molecule has 0 unspecified atom stereocenters. The summed E-state index contributed by atoms with van der Waals surface area (Å²) in [4.78, 5) is 41.2. The third-order valence-electron chi connectivity index (χ3n) is 10.6. The molecule has 2 saturated heterocycles. The van der Waals surface area contributed by atoms with Crippen molar-refractivity contribution in [1.29, 1.82) is 0 Å². The van der Waals surface area contributed by atoms with E-state index in [2.05, 4.69) is 22.1 Å². The Hall–Kier alpha value is -5.07. The third-order valence-corrected chi connectivity index (χ3v) is 10.6. The number of hydrogen-bond donors (Lipinski definition) is 4. The Morgan fingerprint density at radius 3 is 2.32 bits per heavy atom. The molecule has 2 fully saturated rings. The molecule has 1 amide bonds. The smallest absolute Gasteiger partial charge is 0.326 e. The predicted molar refractivity (Wildman–Crippen MR) is 201 cm³/mol. The van der Waals surface area contributed by atoms with E-state index in [0.717, 1.165) is 76.9 Å². The third kappa shape index (κ3) is 8.44. The molecule has 5 aromatic rings. The van der Waals surface area contributed by atoms with Crippen molar-refractivity contribution in [3.63, 3.8) is 0 Å². The number of para-hydroxylation sites is 2. The molecule has 11 heteroatoms. The molecule has 0 bridgehead atoms. The van der Waals surface area contributed by atoms with Crippen LogP contribution in [0.3, 0.4) is 0 Å². The normalized spacial score (nSPS) is 21.1. The SMILES string of the molecule is C[C@H]1[C@@H](CN2CCC(n3c(=O)[nH]c4ccccc43)CC2)O[C@@H](c2ccc(-c3cccc(CNC(=O)CCC(=O)O)c3)cc2)O[C@H]1c1ccc(CO)cc1. The topological polar surface area (TPSA) is 146 Å². The lowest BCUT2D eigenvalue weighted by Crippen LogP contribution is -2.47. The van der Waals surface area contributed by atoms with Crippen LogP contribution in [0.4, 0.5) is 0 Å². The minimum absolute atomic E-state index is 0.0208. The number of imidazole rings is 1. The maximum atomic E-state index is 12.9. The van der Waals surface area contributed by atoms with Crippen LogP contribution in [-0.4, -0.2) is 62.3 Å². The second kappa shape index (κ2) is 16.3. The van der Waals surface area contributed by atoms with Gasteiger partial charge in [0, 0.05) is 50.1 Å². The van der Waals surface area contributed by atoms with Gasteiger partial charge in [0.2, 0.25) is 5.91 Å². The van der Waals surface area contributed by atoms with E-state index < -0.39 is 12.3 Å². The molecule has 7 rings (SSSR count). The van der Waals surface area contributed by atoms with Crippen LogP contribution in [0.1, 0.15) is 73.3 Å². The number of ether oxygens (including phenoxy) is 2. The van der Waals surface area contributed by atoms with E-state index in [1.807, 2.05) is 102 Å². The average Bonchev–Trinajstić information content (AvgIpc) is 3.53. The Morgan fingerprint density at radius 2 is 1.58 bits per heavy atom. The number of carboxylic acid groups (broad SMARTS) is 1. The van der Waals surface area contributed by atoms with E-state index in [9.17, 15) is 19.5 Å². The molecule has 1 aromatic heterocycles. The average molecular weight is 719 g/mol. The Labute approximate surface area is 308 Å². The van der Waals surface area contributed by atoms with Gasteiger partial charge in [0.25, 0.3) is 0 Å². The molecular weight excluding hydrogens is 672 g/mol. The number of carboxylic acids is 1. The van der Waals surface area contributed by atoms with E-state index in [1.165, 1.54) is 0 Å². The number of amides is 1. The van der Waals surface area contributed by atoms with E-state index in [1.54, 1.807) is 0 Å². The number of aliphatic carboxylic acids is 1. The number of nitrogens with zero attached hydrogens (tertiary/aromatic N) is 2. The summed E-state index contributed by atoms with van der Waals surface area (Å²) in [5, 5.41) is 21.3. The zero-order valence-electron chi connectivity index (χ0n) is 29.8. The Balaban J connectivity index is 1.05. The van der Waals surface area contributed by atoms with Crippen molar-refractivity contribution in [2.75, 3.05) is 19.6 Å². The standard InChI is InChI=1S/C42H46N4O7/c1-27-37(25-45-21-19-34(20-22-45)46-36-8-3-2-7-35(36)44-42(46)51)52-41(53-40(27)31-11-9-28(26-47)10-12-31)32-15-13-30(14-16-32)33-6-4-5-29(23-33)24-43-38(48)17-18-39(49)50/h2-16,23,27,34,37,40-41,47H,17-22,24-26H2,1H3,(H,43,48)(H,44,51)(H,49,50)/t27-,37+,40+,41+/m0/s1. The number of hydrogen-bond acceptors (Lipinski definition) is 7. The van der Waals surface area contributed by atoms with E-state index >= 15 is 0 Å². The first-order valence-electron chi connectivity index (χ1n) is 18.4. The summed E-state index contributed by atoms with van der Waals surface area (Å²) < 4.78 is 15.4. The summed E-state index contributed by atoms with van der Waals surface area (Å²) in [6.45, 7) is 4.91. The number of piperidine rings is 1. The van der Waals surface area contributed by atoms with Crippen LogP contribution in [0, 0.1) is 5.92 Å². The van der Waals surface area contributed by atoms with Gasteiger partial charge in [-0.1, -0.05) is 85.8 Å². The van der Waals surface area contributed by atoms with Crippen molar-refractivity contribution in [2.45, 2.75) is 70.3 Å². The number of rotatable bonds is 12. The fourth-order valence-electron chi connectivity index (χ4n) is 7.58. The lowest BCUT2D eigenvalue weighted by molar-refractivity contribution is -0.276. The molecule has 276 valence electrons. The number of fused-ring (bicyclic) bond motifs is 1. The Kier molecular flexibility index (Phi) is 11.2. The fraction of sp³-hybridized carbons (Fsp3) is 0.357. The molecule has 2 aliphatic heterocycles. The molecular formula is C42H46N4O7. The number of aromatic amines is 1. The second-order valence-electron chi connectivity index (χ2n) is 14.2. The number of likely N-dealkylation sites (tertiary alicyclic amines) is 1. The second-order valence-corrected chi connectivity index (χ2v) is 14.2. The van der Waals surface area contributed by atoms with Crippen LogP contribution < -0.4 is 11.0 Å². The van der Waals surface area contributed by atoms with E-state index in [0.29, 0.717) is 6.54 Å². The molecule has 0 spiro atoms. The first-order chi connectivity index (χ1) is 25.7. The number of aliphatic hydroxyl groups is 1. The highest BCUT2D eigenvalue weighted by Crippen LogP contribution is 2.42. The predicted octanol–water partition coefficient (Wildman–Crippen LogP) is 6.10. The highest BCUT2D eigenvalue weighted by Gasteiger charge is 2.39. The highest BCUT2D eigenvalue weighted by molar-refractivity contribution is 5.80. The Morgan fingerprint density at radius 1 is 0.849 bits per heavy atom. The monoisotopic (exact) mass is 718 g/mol. The summed E-state index contributed by atoms with van der Waals surface area (Å²) in [5.74, 6) is -1.24. The van der Waals surface area contributed by atoms with Crippen molar-refractivity contribution < 1.29 is 29.3 Å². The number of nitrogens with one attached hydrogen (secondary N) is 2. The minimum Gasteiger partial charge on any atom is -0.481 e. The summed E-state index contributed by atoms with van der Waals surface area (Å²) >= 11 is 0. The molecule has 4 N–H and O–H groups in total. The molecule has 0 saturated carbocycles. The maximum Gasteiger partial charge on any atom is 0.326 e. The van der Waals surface area contributed by atoms with E-state index in [-0.39, 0.29) is 55.2 Å². The molecule has 3 heterocycles. The molecule has 4 aromatic carbocycles. The van der Waals surface area contributed by atoms with Crippen LogP contribution in [-0.2, 0) is 32.2 Å². The first-order valence-corrected chi connectivity index (χ1v) is 18.4. The zero-order valence-corrected chi connectivity index (χ0v) is 29.8. The molecule has 0 aliphatic carbocycles. The van der Waals surface area contributed by atoms with Gasteiger partial charge in [-0.2, -0.15) is 0 Å². The quantitative estimate of drug-likeness (QED) is 0.121. The van der Waals surface area contributed by atoms with Gasteiger partial charge in [-0.15, -0.1) is 0 Å². The van der Waals surface area contributed by atoms with Crippen LogP contribution >= 0.6 is 0 Å². The van der Waals surface area contributed by atoms with Crippen molar-refractivity contribution in [2.24, 2.45) is 5.92 Å². The number of carbonyl (C=O) groups excluding carboxylic acids is 1. The van der Waals surface area contributed by atoms with Gasteiger partial charge in [0.05, 0.1) is 36.3 Å². The van der Waals surface area contributed by atoms with Crippen LogP contribution in [0.25, 0.3) is 22.2 Å². The Bertz CT molecular complexity index is 2080. The van der Waals surface area contributed by atoms with Crippen molar-refractivity contribution in [3.8, 4) is 11.1 Å². The van der Waals surface area contributed by atoms with Crippen LogP contribution in [0.2, 0.25) is 0 Å². The lowest BCUT2D eigenvalue weighted by Gasteiger charge is -2.44. The summed E-state index contributed by atoms with van der Waals surface area (Å²) in [7, 11) is 0. The van der Waals surface area contributed by atoms with Gasteiger partial charge in [-0.05, 0) is 58.9 Å². The van der Waals surface area contributed by atoms with Gasteiger partial charge < -0.3 is 34.9 Å². The fourth-order valence-corrected chi connectivity index (χ4v) is 7.58. The zero-order chi connectivity index (χ0) is 36.9.